The molecule has 29 heavy (non-hydrogen) atoms. The van der Waals surface area contributed by atoms with Gasteiger partial charge in [0.2, 0.25) is 0 Å². The molecule has 2 heterocycles. The second-order valence-electron chi connectivity index (χ2n) is 8.15. The van der Waals surface area contributed by atoms with E-state index in [9.17, 15) is 4.79 Å². The number of esters is 1. The molecule has 3 aromatic rings. The molecular weight excluding hydrogens is 378 g/mol. The molecule has 1 fully saturated rings. The number of hydrogen-bond donors (Lipinski definition) is 0. The fourth-order valence-corrected chi connectivity index (χ4v) is 5.44. The Hall–Kier alpha value is -2.46. The van der Waals surface area contributed by atoms with Gasteiger partial charge in [0.05, 0.1) is 12.7 Å². The fraction of sp³-hybridized carbons (Fsp3) is 0.360. The standard InChI is InChI=1S/C25H28NO2S/c1-17-9-11-18(12-10-17)20-13-14-26(2)16-22(20)21-15-23(19-7-5-4-6-8-19)29-24(21)25(27)28-3/h4-8,13-18H,9-12H2,1-3H3/q+1. The molecule has 1 aromatic carbocycles. The van der Waals surface area contributed by atoms with Crippen molar-refractivity contribution in [2.24, 2.45) is 13.0 Å². The lowest BCUT2D eigenvalue weighted by molar-refractivity contribution is -0.671. The van der Waals surface area contributed by atoms with E-state index in [0.29, 0.717) is 10.8 Å². The third kappa shape index (κ3) is 4.13. The summed E-state index contributed by atoms with van der Waals surface area (Å²) < 4.78 is 7.22. The first-order valence-electron chi connectivity index (χ1n) is 10.3. The van der Waals surface area contributed by atoms with Gasteiger partial charge in [0.15, 0.2) is 12.4 Å². The average molecular weight is 407 g/mol. The van der Waals surface area contributed by atoms with Gasteiger partial charge in [-0.2, -0.15) is 0 Å². The van der Waals surface area contributed by atoms with Crippen LogP contribution in [0.25, 0.3) is 21.6 Å². The molecule has 1 aliphatic rings. The third-order valence-electron chi connectivity index (χ3n) is 6.04. The number of methoxy groups -OCH3 is 1. The van der Waals surface area contributed by atoms with E-state index in [1.54, 1.807) is 0 Å². The van der Waals surface area contributed by atoms with Crippen LogP contribution in [0, 0.1) is 5.92 Å². The maximum Gasteiger partial charge on any atom is 0.348 e. The largest absolute Gasteiger partial charge is 0.465 e. The summed E-state index contributed by atoms with van der Waals surface area (Å²) in [5.41, 5.74) is 4.64. The van der Waals surface area contributed by atoms with Gasteiger partial charge in [0, 0.05) is 16.5 Å². The van der Waals surface area contributed by atoms with Crippen molar-refractivity contribution in [1.29, 1.82) is 0 Å². The molecule has 1 aliphatic carbocycles. The Labute approximate surface area is 177 Å². The van der Waals surface area contributed by atoms with Crippen molar-refractivity contribution in [2.45, 2.75) is 38.5 Å². The fourth-order valence-electron chi connectivity index (χ4n) is 4.34. The molecule has 0 amide bonds. The zero-order valence-electron chi connectivity index (χ0n) is 17.4. The van der Waals surface area contributed by atoms with Crippen LogP contribution in [0.3, 0.4) is 0 Å². The lowest BCUT2D eigenvalue weighted by Crippen LogP contribution is -2.28. The van der Waals surface area contributed by atoms with Gasteiger partial charge in [0.25, 0.3) is 0 Å². The van der Waals surface area contributed by atoms with Crippen molar-refractivity contribution in [3.05, 3.63) is 65.3 Å². The molecule has 2 aromatic heterocycles. The van der Waals surface area contributed by atoms with Gasteiger partial charge in [-0.1, -0.05) is 50.1 Å². The highest BCUT2D eigenvalue weighted by atomic mass is 32.1. The Balaban J connectivity index is 1.84. The first-order valence-corrected chi connectivity index (χ1v) is 11.2. The maximum absolute atomic E-state index is 12.6. The smallest absolute Gasteiger partial charge is 0.348 e. The van der Waals surface area contributed by atoms with E-state index in [1.165, 1.54) is 49.7 Å². The summed E-state index contributed by atoms with van der Waals surface area (Å²) >= 11 is 1.52. The van der Waals surface area contributed by atoms with E-state index < -0.39 is 0 Å². The first-order chi connectivity index (χ1) is 14.1. The second kappa shape index (κ2) is 8.50. The van der Waals surface area contributed by atoms with Crippen molar-refractivity contribution >= 4 is 17.3 Å². The number of thiophene rings is 1. The van der Waals surface area contributed by atoms with Gasteiger partial charge in [-0.3, -0.25) is 0 Å². The predicted octanol–water partition coefficient (Wildman–Crippen LogP) is 5.99. The highest BCUT2D eigenvalue weighted by molar-refractivity contribution is 7.17. The van der Waals surface area contributed by atoms with E-state index >= 15 is 0 Å². The molecule has 0 radical (unpaired) electrons. The highest BCUT2D eigenvalue weighted by Crippen LogP contribution is 2.43. The van der Waals surface area contributed by atoms with E-state index in [0.717, 1.165) is 27.5 Å². The number of carbonyl (C=O) groups excluding carboxylic acids is 1. The number of pyridine rings is 1. The van der Waals surface area contributed by atoms with Gasteiger partial charge in [-0.25, -0.2) is 9.36 Å². The summed E-state index contributed by atoms with van der Waals surface area (Å²) in [4.78, 5) is 14.4. The van der Waals surface area contributed by atoms with Crippen LogP contribution in [0.4, 0.5) is 0 Å². The van der Waals surface area contributed by atoms with Crippen LogP contribution in [0.15, 0.2) is 54.9 Å². The van der Waals surface area contributed by atoms with E-state index in [1.807, 2.05) is 25.2 Å². The topological polar surface area (TPSA) is 30.2 Å². The zero-order chi connectivity index (χ0) is 20.4. The van der Waals surface area contributed by atoms with Gasteiger partial charge < -0.3 is 4.74 Å². The number of hydrogen-bond acceptors (Lipinski definition) is 3. The minimum Gasteiger partial charge on any atom is -0.465 e. The van der Waals surface area contributed by atoms with Crippen LogP contribution >= 0.6 is 11.3 Å². The van der Waals surface area contributed by atoms with Gasteiger partial charge in [-0.15, -0.1) is 11.3 Å². The molecule has 150 valence electrons. The van der Waals surface area contributed by atoms with Crippen molar-refractivity contribution in [1.82, 2.24) is 0 Å². The normalized spacial score (nSPS) is 19.1. The van der Waals surface area contributed by atoms with Crippen LogP contribution in [0.2, 0.25) is 0 Å². The lowest BCUT2D eigenvalue weighted by Gasteiger charge is -2.27. The Kier molecular flexibility index (Phi) is 5.81. The maximum atomic E-state index is 12.6. The van der Waals surface area contributed by atoms with Gasteiger partial charge in [0.1, 0.15) is 11.9 Å². The molecule has 0 bridgehead atoms. The number of aromatic nitrogens is 1. The summed E-state index contributed by atoms with van der Waals surface area (Å²) in [5.74, 6) is 1.10. The minimum absolute atomic E-state index is 0.262. The monoisotopic (exact) mass is 406 g/mol. The molecule has 4 heteroatoms. The SMILES string of the molecule is COC(=O)c1sc(-c2ccccc2)cc1-c1c[n+](C)ccc1C1CCC(C)CC1. The Morgan fingerprint density at radius 2 is 1.79 bits per heavy atom. The number of rotatable bonds is 4. The van der Waals surface area contributed by atoms with Crippen LogP contribution in [0.5, 0.6) is 0 Å². The van der Waals surface area contributed by atoms with E-state index in [-0.39, 0.29) is 5.97 Å². The second-order valence-corrected chi connectivity index (χ2v) is 9.20. The van der Waals surface area contributed by atoms with Crippen LogP contribution in [0.1, 0.15) is 53.8 Å². The van der Waals surface area contributed by atoms with Crippen molar-refractivity contribution in [3.63, 3.8) is 0 Å². The molecule has 0 atom stereocenters. The van der Waals surface area contributed by atoms with Crippen LogP contribution < -0.4 is 4.57 Å². The summed E-state index contributed by atoms with van der Waals surface area (Å²) in [6, 6.07) is 14.7. The molecule has 0 N–H and O–H groups in total. The molecule has 1 saturated carbocycles. The summed E-state index contributed by atoms with van der Waals surface area (Å²) in [6.45, 7) is 2.35. The number of ether oxygens (including phenoxy) is 1. The van der Waals surface area contributed by atoms with Crippen LogP contribution in [-0.2, 0) is 11.8 Å². The predicted molar refractivity (Wildman–Crippen MR) is 118 cm³/mol. The number of nitrogens with zero attached hydrogens (tertiary/aromatic N) is 1. The van der Waals surface area contributed by atoms with Gasteiger partial charge in [-0.05, 0) is 41.9 Å². The molecule has 0 aliphatic heterocycles. The third-order valence-corrected chi connectivity index (χ3v) is 7.20. The Morgan fingerprint density at radius 1 is 1.07 bits per heavy atom. The minimum atomic E-state index is -0.262. The molecule has 4 rings (SSSR count). The summed E-state index contributed by atoms with van der Waals surface area (Å²) in [6.07, 6.45) is 9.26. The average Bonchev–Trinajstić information content (AvgIpc) is 3.20. The number of benzene rings is 1. The Bertz CT molecular complexity index is 1000. The molecular formula is C25H28NO2S+. The molecule has 0 saturated heterocycles. The summed E-state index contributed by atoms with van der Waals surface area (Å²) in [7, 11) is 3.50. The van der Waals surface area contributed by atoms with Crippen molar-refractivity contribution < 1.29 is 14.1 Å². The first kappa shape index (κ1) is 19.8. The van der Waals surface area contributed by atoms with Crippen molar-refractivity contribution in [2.75, 3.05) is 7.11 Å². The quantitative estimate of drug-likeness (QED) is 0.394. The molecule has 0 spiro atoms. The van der Waals surface area contributed by atoms with E-state index in [4.69, 9.17) is 4.74 Å². The van der Waals surface area contributed by atoms with Crippen LogP contribution in [-0.4, -0.2) is 13.1 Å². The van der Waals surface area contributed by atoms with Crippen molar-refractivity contribution in [3.8, 4) is 21.6 Å². The summed E-state index contributed by atoms with van der Waals surface area (Å²) in [5, 5.41) is 0. The van der Waals surface area contributed by atoms with Gasteiger partial charge >= 0.3 is 5.97 Å². The molecule has 0 unspecified atom stereocenters. The zero-order valence-corrected chi connectivity index (χ0v) is 18.2. The number of carbonyl (C=O) groups is 1. The lowest BCUT2D eigenvalue weighted by atomic mass is 9.78. The number of aryl methyl sites for hydroxylation is 1. The molecule has 3 nitrogen and oxygen atoms in total. The highest BCUT2D eigenvalue weighted by Gasteiger charge is 2.27. The van der Waals surface area contributed by atoms with E-state index in [2.05, 4.69) is 48.1 Å². The Morgan fingerprint density at radius 3 is 2.48 bits per heavy atom.